The van der Waals surface area contributed by atoms with E-state index in [4.69, 9.17) is 11.0 Å². The van der Waals surface area contributed by atoms with Crippen LogP contribution in [-0.4, -0.2) is 0 Å². The molecule has 0 aromatic heterocycles. The van der Waals surface area contributed by atoms with Gasteiger partial charge in [0.2, 0.25) is 0 Å². The van der Waals surface area contributed by atoms with Crippen LogP contribution >= 0.6 is 22.6 Å². The number of nitrogen functional groups attached to an aromatic ring is 1. The second-order valence-electron chi connectivity index (χ2n) is 4.00. The summed E-state index contributed by atoms with van der Waals surface area (Å²) in [6, 6.07) is 13.5. The van der Waals surface area contributed by atoms with E-state index in [1.54, 1.807) is 6.07 Å². The molecule has 0 atom stereocenters. The topological polar surface area (TPSA) is 61.8 Å². The SMILES string of the molecule is Cc1ccc(C#N)cc1Nc1ccc(I)cc1N. The van der Waals surface area contributed by atoms with Crippen LogP contribution in [0.5, 0.6) is 0 Å². The highest BCUT2D eigenvalue weighted by Gasteiger charge is 2.04. The van der Waals surface area contributed by atoms with Crippen LogP contribution in [0.3, 0.4) is 0 Å². The van der Waals surface area contributed by atoms with Crippen LogP contribution in [0.2, 0.25) is 0 Å². The third-order valence-corrected chi connectivity index (χ3v) is 3.32. The lowest BCUT2D eigenvalue weighted by atomic mass is 10.1. The predicted molar refractivity (Wildman–Crippen MR) is 82.7 cm³/mol. The summed E-state index contributed by atoms with van der Waals surface area (Å²) in [4.78, 5) is 0. The minimum Gasteiger partial charge on any atom is -0.397 e. The molecule has 0 spiro atoms. The number of anilines is 3. The van der Waals surface area contributed by atoms with Crippen LogP contribution < -0.4 is 11.1 Å². The summed E-state index contributed by atoms with van der Waals surface area (Å²) in [7, 11) is 0. The first-order chi connectivity index (χ1) is 8.60. The van der Waals surface area contributed by atoms with Crippen molar-refractivity contribution >= 4 is 39.7 Å². The van der Waals surface area contributed by atoms with E-state index in [9.17, 15) is 0 Å². The number of rotatable bonds is 2. The molecule has 0 aliphatic rings. The van der Waals surface area contributed by atoms with Gasteiger partial charge in [-0.25, -0.2) is 0 Å². The Kier molecular flexibility index (Phi) is 3.72. The molecule has 0 aliphatic heterocycles. The van der Waals surface area contributed by atoms with Gasteiger partial charge in [0, 0.05) is 9.26 Å². The number of nitrogens with two attached hydrogens (primary N) is 1. The predicted octanol–water partition coefficient (Wildman–Crippen LogP) is 3.80. The Bertz CT molecular complexity index is 629. The highest BCUT2D eigenvalue weighted by Crippen LogP contribution is 2.27. The zero-order valence-corrected chi connectivity index (χ0v) is 12.0. The zero-order chi connectivity index (χ0) is 13.1. The Labute approximate surface area is 120 Å². The van der Waals surface area contributed by atoms with Crippen LogP contribution in [-0.2, 0) is 0 Å². The summed E-state index contributed by atoms with van der Waals surface area (Å²) in [5.41, 5.74) is 10.1. The van der Waals surface area contributed by atoms with E-state index < -0.39 is 0 Å². The molecule has 3 N–H and O–H groups in total. The number of nitriles is 1. The van der Waals surface area contributed by atoms with Crippen molar-refractivity contribution in [1.29, 1.82) is 5.26 Å². The average Bonchev–Trinajstić information content (AvgIpc) is 2.35. The van der Waals surface area contributed by atoms with Crippen LogP contribution in [0.4, 0.5) is 17.1 Å². The van der Waals surface area contributed by atoms with Gasteiger partial charge in [-0.05, 0) is 65.4 Å². The first-order valence-corrected chi connectivity index (χ1v) is 6.51. The number of hydrogen-bond acceptors (Lipinski definition) is 3. The molecule has 3 nitrogen and oxygen atoms in total. The Morgan fingerprint density at radius 1 is 1.17 bits per heavy atom. The molecule has 0 heterocycles. The second-order valence-corrected chi connectivity index (χ2v) is 5.24. The first kappa shape index (κ1) is 12.7. The maximum atomic E-state index is 8.91. The van der Waals surface area contributed by atoms with Gasteiger partial charge in [0.05, 0.1) is 23.0 Å². The molecule has 90 valence electrons. The number of nitrogens with zero attached hydrogens (tertiary/aromatic N) is 1. The molecule has 4 heteroatoms. The normalized spacial score (nSPS) is 9.83. The summed E-state index contributed by atoms with van der Waals surface area (Å²) >= 11 is 2.22. The van der Waals surface area contributed by atoms with Crippen molar-refractivity contribution in [2.45, 2.75) is 6.92 Å². The Balaban J connectivity index is 2.37. The summed E-state index contributed by atoms with van der Waals surface area (Å²) in [5.74, 6) is 0. The molecular weight excluding hydrogens is 337 g/mol. The number of aryl methyl sites for hydroxylation is 1. The largest absolute Gasteiger partial charge is 0.397 e. The lowest BCUT2D eigenvalue weighted by Gasteiger charge is -2.12. The molecule has 0 aliphatic carbocycles. The van der Waals surface area contributed by atoms with Gasteiger partial charge < -0.3 is 11.1 Å². The molecule has 0 radical (unpaired) electrons. The number of benzene rings is 2. The van der Waals surface area contributed by atoms with Crippen molar-refractivity contribution in [2.75, 3.05) is 11.1 Å². The number of hydrogen-bond donors (Lipinski definition) is 2. The highest BCUT2D eigenvalue weighted by molar-refractivity contribution is 14.1. The minimum absolute atomic E-state index is 0.632. The Hall–Kier alpha value is -1.74. The lowest BCUT2D eigenvalue weighted by Crippen LogP contribution is -1.98. The standard InChI is InChI=1S/C14H12IN3/c1-9-2-3-10(8-16)6-14(9)18-13-5-4-11(15)7-12(13)17/h2-7,18H,17H2,1H3. The summed E-state index contributed by atoms with van der Waals surface area (Å²) < 4.78 is 1.10. The van der Waals surface area contributed by atoms with E-state index in [0.29, 0.717) is 11.3 Å². The molecule has 2 rings (SSSR count). The van der Waals surface area contributed by atoms with Crippen LogP contribution in [0, 0.1) is 21.8 Å². The molecule has 18 heavy (non-hydrogen) atoms. The van der Waals surface area contributed by atoms with Gasteiger partial charge >= 0.3 is 0 Å². The van der Waals surface area contributed by atoms with E-state index in [1.807, 2.05) is 37.3 Å². The minimum atomic E-state index is 0.632. The van der Waals surface area contributed by atoms with Crippen molar-refractivity contribution in [3.05, 3.63) is 51.1 Å². The third kappa shape index (κ3) is 2.74. The summed E-state index contributed by atoms with van der Waals surface area (Å²) in [6.07, 6.45) is 0. The zero-order valence-electron chi connectivity index (χ0n) is 9.87. The molecule has 2 aromatic carbocycles. The average molecular weight is 349 g/mol. The third-order valence-electron chi connectivity index (χ3n) is 2.65. The van der Waals surface area contributed by atoms with Crippen molar-refractivity contribution < 1.29 is 0 Å². The lowest BCUT2D eigenvalue weighted by molar-refractivity contribution is 1.40. The van der Waals surface area contributed by atoms with Crippen molar-refractivity contribution in [3.63, 3.8) is 0 Å². The van der Waals surface area contributed by atoms with Crippen LogP contribution in [0.1, 0.15) is 11.1 Å². The Morgan fingerprint density at radius 2 is 1.94 bits per heavy atom. The van der Waals surface area contributed by atoms with E-state index in [-0.39, 0.29) is 0 Å². The fourth-order valence-corrected chi connectivity index (χ4v) is 2.13. The second kappa shape index (κ2) is 5.27. The van der Waals surface area contributed by atoms with E-state index >= 15 is 0 Å². The smallest absolute Gasteiger partial charge is 0.0992 e. The molecule has 0 saturated heterocycles. The summed E-state index contributed by atoms with van der Waals surface area (Å²) in [5, 5.41) is 12.2. The van der Waals surface area contributed by atoms with Crippen molar-refractivity contribution in [3.8, 4) is 6.07 Å². The molecular formula is C14H12IN3. The highest BCUT2D eigenvalue weighted by atomic mass is 127. The van der Waals surface area contributed by atoms with Gasteiger partial charge in [0.15, 0.2) is 0 Å². The van der Waals surface area contributed by atoms with E-state index in [1.165, 1.54) is 0 Å². The molecule has 2 aromatic rings. The van der Waals surface area contributed by atoms with Crippen LogP contribution in [0.25, 0.3) is 0 Å². The molecule has 0 bridgehead atoms. The van der Waals surface area contributed by atoms with Crippen molar-refractivity contribution in [2.24, 2.45) is 0 Å². The number of halogens is 1. The van der Waals surface area contributed by atoms with E-state index in [2.05, 4.69) is 34.0 Å². The monoisotopic (exact) mass is 349 g/mol. The first-order valence-electron chi connectivity index (χ1n) is 5.43. The quantitative estimate of drug-likeness (QED) is 0.640. The Morgan fingerprint density at radius 3 is 2.61 bits per heavy atom. The summed E-state index contributed by atoms with van der Waals surface area (Å²) in [6.45, 7) is 1.99. The molecule has 0 amide bonds. The van der Waals surface area contributed by atoms with E-state index in [0.717, 1.165) is 20.5 Å². The van der Waals surface area contributed by atoms with Crippen molar-refractivity contribution in [1.82, 2.24) is 0 Å². The van der Waals surface area contributed by atoms with Gasteiger partial charge in [-0.2, -0.15) is 5.26 Å². The molecule has 0 saturated carbocycles. The van der Waals surface area contributed by atoms with Gasteiger partial charge in [-0.3, -0.25) is 0 Å². The molecule has 0 fully saturated rings. The van der Waals surface area contributed by atoms with Gasteiger partial charge in [0.1, 0.15) is 0 Å². The fourth-order valence-electron chi connectivity index (χ4n) is 1.62. The van der Waals surface area contributed by atoms with Gasteiger partial charge in [-0.1, -0.05) is 6.07 Å². The van der Waals surface area contributed by atoms with Crippen LogP contribution in [0.15, 0.2) is 36.4 Å². The van der Waals surface area contributed by atoms with Gasteiger partial charge in [0.25, 0.3) is 0 Å². The maximum Gasteiger partial charge on any atom is 0.0992 e. The fraction of sp³-hybridized carbons (Fsp3) is 0.0714. The maximum absolute atomic E-state index is 8.91. The molecule has 0 unspecified atom stereocenters. The van der Waals surface area contributed by atoms with Gasteiger partial charge in [-0.15, -0.1) is 0 Å². The number of nitrogens with one attached hydrogen (secondary N) is 1.